The highest BCUT2D eigenvalue weighted by Crippen LogP contribution is 2.14. The minimum atomic E-state index is -0.410. The predicted molar refractivity (Wildman–Crippen MR) is 175 cm³/mol. The predicted octanol–water partition coefficient (Wildman–Crippen LogP) is 2.10. The van der Waals surface area contributed by atoms with Crippen LogP contribution in [0.25, 0.3) is 0 Å². The van der Waals surface area contributed by atoms with Gasteiger partial charge in [0.15, 0.2) is 0 Å². The number of ether oxygens (including phenoxy) is 13. The number of esters is 2. The van der Waals surface area contributed by atoms with Gasteiger partial charge in [-0.05, 0) is 12.8 Å². The van der Waals surface area contributed by atoms with Crippen molar-refractivity contribution in [2.75, 3.05) is 159 Å². The highest BCUT2D eigenvalue weighted by molar-refractivity contribution is 5.72. The summed E-state index contributed by atoms with van der Waals surface area (Å²) in [6.07, 6.45) is 3.82. The molecule has 15 nitrogen and oxygen atoms in total. The Morgan fingerprint density at radius 2 is 0.729 bits per heavy atom. The van der Waals surface area contributed by atoms with E-state index in [-0.39, 0.29) is 25.1 Å². The highest BCUT2D eigenvalue weighted by atomic mass is 16.6. The second-order valence-electron chi connectivity index (χ2n) is 10.2. The molecule has 0 saturated carbocycles. The Kier molecular flexibility index (Phi) is 38.7. The van der Waals surface area contributed by atoms with Crippen LogP contribution in [0.15, 0.2) is 0 Å². The Hall–Kier alpha value is -1.50. The van der Waals surface area contributed by atoms with Crippen LogP contribution >= 0.6 is 0 Å². The molecule has 0 radical (unpaired) electrons. The van der Waals surface area contributed by atoms with Gasteiger partial charge in [0, 0.05) is 0 Å². The summed E-state index contributed by atoms with van der Waals surface area (Å²) in [6.45, 7) is 14.0. The molecule has 15 heteroatoms. The zero-order valence-electron chi connectivity index (χ0n) is 29.8. The van der Waals surface area contributed by atoms with Crippen LogP contribution in [0.3, 0.4) is 0 Å². The van der Waals surface area contributed by atoms with Gasteiger partial charge < -0.3 is 61.6 Å². The first kappa shape index (κ1) is 46.5. The van der Waals surface area contributed by atoms with Crippen molar-refractivity contribution in [1.29, 1.82) is 0 Å². The first-order valence-electron chi connectivity index (χ1n) is 17.2. The molecule has 0 aromatic rings. The van der Waals surface area contributed by atoms with Crippen molar-refractivity contribution in [3.05, 3.63) is 0 Å². The Morgan fingerprint density at radius 1 is 0.438 bits per heavy atom. The van der Waals surface area contributed by atoms with Gasteiger partial charge in [-0.1, -0.05) is 26.7 Å². The van der Waals surface area contributed by atoms with E-state index < -0.39 is 5.97 Å². The van der Waals surface area contributed by atoms with E-state index >= 15 is 0 Å². The molecule has 0 N–H and O–H groups in total. The van der Waals surface area contributed by atoms with Gasteiger partial charge >= 0.3 is 11.9 Å². The van der Waals surface area contributed by atoms with Crippen LogP contribution < -0.4 is 0 Å². The summed E-state index contributed by atoms with van der Waals surface area (Å²) < 4.78 is 69.2. The molecule has 0 rings (SSSR count). The summed E-state index contributed by atoms with van der Waals surface area (Å²) in [5, 5.41) is 0. The third-order valence-electron chi connectivity index (χ3n) is 6.37. The van der Waals surface area contributed by atoms with Gasteiger partial charge in [0.2, 0.25) is 0 Å². The van der Waals surface area contributed by atoms with Crippen molar-refractivity contribution < 1.29 is 71.2 Å². The van der Waals surface area contributed by atoms with Crippen LogP contribution in [-0.4, -0.2) is 171 Å². The van der Waals surface area contributed by atoms with Gasteiger partial charge in [0.25, 0.3) is 0 Å². The molecule has 1 unspecified atom stereocenters. The molecule has 0 heterocycles. The number of rotatable bonds is 40. The summed E-state index contributed by atoms with van der Waals surface area (Å²) in [5.74, 6) is -0.542. The largest absolute Gasteiger partial charge is 0.467 e. The number of carbonyl (C=O) groups is 2. The van der Waals surface area contributed by atoms with Gasteiger partial charge in [0.05, 0.1) is 152 Å². The molecule has 0 aliphatic heterocycles. The van der Waals surface area contributed by atoms with Crippen molar-refractivity contribution >= 4 is 11.9 Å². The molecule has 0 spiro atoms. The van der Waals surface area contributed by atoms with Crippen molar-refractivity contribution in [1.82, 2.24) is 0 Å². The fourth-order valence-corrected chi connectivity index (χ4v) is 3.67. The molecule has 0 aliphatic carbocycles. The topological polar surface area (TPSA) is 154 Å². The number of methoxy groups -OCH3 is 1. The molecule has 0 amide bonds. The van der Waals surface area contributed by atoms with Crippen molar-refractivity contribution in [3.8, 4) is 0 Å². The van der Waals surface area contributed by atoms with E-state index in [2.05, 4.69) is 11.7 Å². The van der Waals surface area contributed by atoms with E-state index in [1.54, 1.807) is 0 Å². The second kappa shape index (κ2) is 39.9. The van der Waals surface area contributed by atoms with Gasteiger partial charge in [-0.25, -0.2) is 4.79 Å². The second-order valence-corrected chi connectivity index (χ2v) is 10.2. The first-order valence-corrected chi connectivity index (χ1v) is 17.2. The average Bonchev–Trinajstić information content (AvgIpc) is 3.10. The molecule has 0 fully saturated rings. The summed E-state index contributed by atoms with van der Waals surface area (Å²) in [6, 6.07) is 0. The van der Waals surface area contributed by atoms with Gasteiger partial charge in [-0.2, -0.15) is 0 Å². The van der Waals surface area contributed by atoms with Crippen LogP contribution in [0.2, 0.25) is 0 Å². The van der Waals surface area contributed by atoms with Crippen molar-refractivity contribution in [2.24, 2.45) is 5.92 Å². The number of carbonyl (C=O) groups excluding carboxylic acids is 2. The molecule has 0 saturated heterocycles. The summed E-state index contributed by atoms with van der Waals surface area (Å²) in [7, 11) is 1.31. The van der Waals surface area contributed by atoms with Gasteiger partial charge in [0.1, 0.15) is 13.2 Å². The van der Waals surface area contributed by atoms with E-state index in [1.807, 2.05) is 6.92 Å². The molecule has 0 aromatic carbocycles. The summed E-state index contributed by atoms with van der Waals surface area (Å²) >= 11 is 0. The Morgan fingerprint density at radius 3 is 1.00 bits per heavy atom. The lowest BCUT2D eigenvalue weighted by Crippen LogP contribution is -2.20. The van der Waals surface area contributed by atoms with E-state index in [0.29, 0.717) is 139 Å². The Labute approximate surface area is 287 Å². The lowest BCUT2D eigenvalue weighted by molar-refractivity contribution is -0.150. The minimum absolute atomic E-state index is 0.00759. The maximum absolute atomic E-state index is 12.0. The molecule has 48 heavy (non-hydrogen) atoms. The van der Waals surface area contributed by atoms with E-state index in [1.165, 1.54) is 7.11 Å². The number of unbranched alkanes of at least 4 members (excludes halogenated alkanes) is 1. The zero-order chi connectivity index (χ0) is 35.0. The third kappa shape index (κ3) is 35.8. The molecule has 1 atom stereocenters. The van der Waals surface area contributed by atoms with E-state index in [4.69, 9.17) is 56.8 Å². The fourth-order valence-electron chi connectivity index (χ4n) is 3.67. The lowest BCUT2D eigenvalue weighted by atomic mass is 10.00. The third-order valence-corrected chi connectivity index (χ3v) is 6.37. The van der Waals surface area contributed by atoms with Crippen LogP contribution in [-0.2, 0) is 71.2 Å². The molecule has 0 aromatic heterocycles. The monoisotopic (exact) mass is 700 g/mol. The Bertz CT molecular complexity index is 671. The summed E-state index contributed by atoms with van der Waals surface area (Å²) in [4.78, 5) is 22.9. The SMILES string of the molecule is CCCCC(CC)C(=O)OCCOCCOCCOCCOCCOCCOCCOCCOCCOCCOCCOCC(=O)OC. The van der Waals surface area contributed by atoms with Crippen molar-refractivity contribution in [2.45, 2.75) is 39.5 Å². The molecular formula is C33H64O15. The highest BCUT2D eigenvalue weighted by Gasteiger charge is 2.16. The standard InChI is InChI=1S/C33H64O15/c1-4-6-7-31(5-2)33(35)48-29-28-46-25-24-44-21-20-42-17-16-40-13-12-38-9-8-37-10-11-39-14-15-41-18-19-43-22-23-45-26-27-47-30-32(34)36-3/h31H,4-30H2,1-3H3. The number of hydrogen-bond acceptors (Lipinski definition) is 15. The quantitative estimate of drug-likeness (QED) is 0.0677. The maximum atomic E-state index is 12.0. The van der Waals surface area contributed by atoms with Crippen LogP contribution in [0.1, 0.15) is 39.5 Å². The maximum Gasteiger partial charge on any atom is 0.331 e. The lowest BCUT2D eigenvalue weighted by Gasteiger charge is -2.13. The molecular weight excluding hydrogens is 636 g/mol. The van der Waals surface area contributed by atoms with Crippen LogP contribution in [0.5, 0.6) is 0 Å². The van der Waals surface area contributed by atoms with Crippen LogP contribution in [0.4, 0.5) is 0 Å². The van der Waals surface area contributed by atoms with Crippen LogP contribution in [0, 0.1) is 5.92 Å². The Balaban J connectivity index is 3.15. The smallest absolute Gasteiger partial charge is 0.331 e. The van der Waals surface area contributed by atoms with Crippen molar-refractivity contribution in [3.63, 3.8) is 0 Å². The first-order chi connectivity index (χ1) is 23.7. The van der Waals surface area contributed by atoms with E-state index in [0.717, 1.165) is 25.7 Å². The van der Waals surface area contributed by atoms with E-state index in [9.17, 15) is 9.59 Å². The average molecular weight is 701 g/mol. The molecule has 0 bridgehead atoms. The minimum Gasteiger partial charge on any atom is -0.467 e. The fraction of sp³-hybridized carbons (Fsp3) is 0.939. The molecule has 0 aliphatic rings. The normalized spacial score (nSPS) is 12.0. The number of hydrogen-bond donors (Lipinski definition) is 0. The zero-order valence-corrected chi connectivity index (χ0v) is 29.8. The summed E-state index contributed by atoms with van der Waals surface area (Å²) in [5.41, 5.74) is 0. The molecule has 286 valence electrons. The van der Waals surface area contributed by atoms with Gasteiger partial charge in [-0.3, -0.25) is 4.79 Å². The van der Waals surface area contributed by atoms with Gasteiger partial charge in [-0.15, -0.1) is 0 Å².